The first-order chi connectivity index (χ1) is 10.0. The molecule has 2 rings (SSSR count). The minimum absolute atomic E-state index is 0.104. The van der Waals surface area contributed by atoms with E-state index in [1.54, 1.807) is 0 Å². The Hall–Kier alpha value is -2.04. The summed E-state index contributed by atoms with van der Waals surface area (Å²) in [5, 5.41) is 12.1. The van der Waals surface area contributed by atoms with Gasteiger partial charge in [0.2, 0.25) is 0 Å². The zero-order valence-electron chi connectivity index (χ0n) is 12.2. The zero-order chi connectivity index (χ0) is 15.3. The van der Waals surface area contributed by atoms with Crippen LogP contribution in [0.3, 0.4) is 0 Å². The molecular formula is C16H21NO4. The van der Waals surface area contributed by atoms with E-state index in [-0.39, 0.29) is 12.5 Å². The fourth-order valence-corrected chi connectivity index (χ4v) is 2.85. The number of carboxylic acid groups (broad SMARTS) is 1. The van der Waals surface area contributed by atoms with E-state index >= 15 is 0 Å². The number of alkyl carbamates (subject to hydrolysis) is 1. The summed E-state index contributed by atoms with van der Waals surface area (Å²) in [7, 11) is 0. The zero-order valence-corrected chi connectivity index (χ0v) is 12.2. The van der Waals surface area contributed by atoms with Crippen LogP contribution in [0.15, 0.2) is 30.3 Å². The van der Waals surface area contributed by atoms with Crippen LogP contribution in [0, 0.1) is 5.92 Å². The summed E-state index contributed by atoms with van der Waals surface area (Å²) in [4.78, 5) is 23.6. The molecule has 114 valence electrons. The molecule has 0 spiro atoms. The molecule has 0 heterocycles. The predicted molar refractivity (Wildman–Crippen MR) is 77.8 cm³/mol. The molecular weight excluding hydrogens is 270 g/mol. The van der Waals surface area contributed by atoms with Crippen LogP contribution >= 0.6 is 0 Å². The highest BCUT2D eigenvalue weighted by atomic mass is 16.5. The Morgan fingerprint density at radius 1 is 1.33 bits per heavy atom. The van der Waals surface area contributed by atoms with Gasteiger partial charge in [0.05, 0.1) is 0 Å². The lowest BCUT2D eigenvalue weighted by Gasteiger charge is -2.39. The van der Waals surface area contributed by atoms with Crippen molar-refractivity contribution in [2.75, 3.05) is 0 Å². The lowest BCUT2D eigenvalue weighted by Crippen LogP contribution is -2.60. The smallest absolute Gasteiger partial charge is 0.408 e. The van der Waals surface area contributed by atoms with Gasteiger partial charge in [0.1, 0.15) is 12.1 Å². The van der Waals surface area contributed by atoms with Crippen molar-refractivity contribution in [1.82, 2.24) is 5.32 Å². The molecule has 0 aromatic heterocycles. The van der Waals surface area contributed by atoms with Crippen LogP contribution in [0.25, 0.3) is 0 Å². The quantitative estimate of drug-likeness (QED) is 0.894. The van der Waals surface area contributed by atoms with Crippen LogP contribution in [-0.4, -0.2) is 22.7 Å². The van der Waals surface area contributed by atoms with E-state index in [0.29, 0.717) is 6.42 Å². The lowest BCUT2D eigenvalue weighted by atomic mass is 9.73. The van der Waals surface area contributed by atoms with Gasteiger partial charge in [0.15, 0.2) is 0 Å². The van der Waals surface area contributed by atoms with Crippen molar-refractivity contribution in [3.63, 3.8) is 0 Å². The molecule has 0 saturated heterocycles. The molecule has 21 heavy (non-hydrogen) atoms. The van der Waals surface area contributed by atoms with Gasteiger partial charge in [0, 0.05) is 0 Å². The summed E-state index contributed by atoms with van der Waals surface area (Å²) in [5.74, 6) is -1.08. The number of carbonyl (C=O) groups is 2. The third-order valence-corrected chi connectivity index (χ3v) is 4.22. The Kier molecular flexibility index (Phi) is 4.83. The van der Waals surface area contributed by atoms with Gasteiger partial charge >= 0.3 is 12.1 Å². The van der Waals surface area contributed by atoms with E-state index in [9.17, 15) is 14.7 Å². The molecule has 2 N–H and O–H groups in total. The topological polar surface area (TPSA) is 75.6 Å². The largest absolute Gasteiger partial charge is 0.479 e. The first-order valence-electron chi connectivity index (χ1n) is 7.27. The average molecular weight is 291 g/mol. The first kappa shape index (κ1) is 15.4. The van der Waals surface area contributed by atoms with Crippen molar-refractivity contribution in [1.29, 1.82) is 0 Å². The monoisotopic (exact) mass is 291 g/mol. The van der Waals surface area contributed by atoms with Crippen LogP contribution in [0.5, 0.6) is 0 Å². The minimum atomic E-state index is -1.20. The molecule has 0 radical (unpaired) electrons. The molecule has 1 aliphatic carbocycles. The van der Waals surface area contributed by atoms with Crippen molar-refractivity contribution < 1.29 is 19.4 Å². The van der Waals surface area contributed by atoms with E-state index in [0.717, 1.165) is 24.8 Å². The van der Waals surface area contributed by atoms with Gasteiger partial charge in [-0.05, 0) is 24.3 Å². The molecule has 1 aromatic rings. The summed E-state index contributed by atoms with van der Waals surface area (Å²) in [6.07, 6.45) is 2.37. The molecule has 1 aliphatic rings. The maximum absolute atomic E-state index is 11.9. The number of aliphatic carboxylic acids is 1. The number of hydrogen-bond acceptors (Lipinski definition) is 3. The summed E-state index contributed by atoms with van der Waals surface area (Å²) in [6, 6.07) is 9.30. The van der Waals surface area contributed by atoms with Gasteiger partial charge in [-0.3, -0.25) is 0 Å². The van der Waals surface area contributed by atoms with E-state index in [2.05, 4.69) is 5.32 Å². The van der Waals surface area contributed by atoms with Gasteiger partial charge in [-0.25, -0.2) is 9.59 Å². The molecule has 0 aliphatic heterocycles. The van der Waals surface area contributed by atoms with Crippen LogP contribution in [0.1, 0.15) is 38.2 Å². The average Bonchev–Trinajstić information content (AvgIpc) is 2.48. The lowest BCUT2D eigenvalue weighted by molar-refractivity contribution is -0.148. The van der Waals surface area contributed by atoms with Crippen molar-refractivity contribution in [2.45, 2.75) is 44.8 Å². The molecule has 0 bridgehead atoms. The molecule has 0 unspecified atom stereocenters. The standard InChI is InChI=1S/C16H21NO4/c1-12-7-5-6-10-16(12,14(18)19)17-15(20)21-11-13-8-3-2-4-9-13/h2-4,8-9,12H,5-7,10-11H2,1H3,(H,17,20)(H,18,19)/t12-,16-/m1/s1. The summed E-state index contributed by atoms with van der Waals surface area (Å²) in [5.41, 5.74) is -0.333. The number of carboxylic acids is 1. The molecule has 1 fully saturated rings. The highest BCUT2D eigenvalue weighted by Gasteiger charge is 2.46. The third-order valence-electron chi connectivity index (χ3n) is 4.22. The maximum Gasteiger partial charge on any atom is 0.408 e. The molecule has 1 saturated carbocycles. The second-order valence-corrected chi connectivity index (χ2v) is 5.61. The summed E-state index contributed by atoms with van der Waals surface area (Å²) in [6.45, 7) is 2.00. The Morgan fingerprint density at radius 2 is 2.05 bits per heavy atom. The summed E-state index contributed by atoms with van der Waals surface area (Å²) < 4.78 is 5.14. The van der Waals surface area contributed by atoms with Crippen molar-refractivity contribution in [2.24, 2.45) is 5.92 Å². The fourth-order valence-electron chi connectivity index (χ4n) is 2.85. The van der Waals surface area contributed by atoms with E-state index in [1.165, 1.54) is 0 Å². The Bertz CT molecular complexity index is 502. The molecule has 5 heteroatoms. The van der Waals surface area contributed by atoms with Gasteiger partial charge in [0.25, 0.3) is 0 Å². The molecule has 1 amide bonds. The highest BCUT2D eigenvalue weighted by molar-refractivity contribution is 5.84. The number of rotatable bonds is 4. The van der Waals surface area contributed by atoms with Crippen LogP contribution in [0.4, 0.5) is 4.79 Å². The summed E-state index contributed by atoms with van der Waals surface area (Å²) >= 11 is 0. The Morgan fingerprint density at radius 3 is 2.67 bits per heavy atom. The number of carbonyl (C=O) groups excluding carboxylic acids is 1. The SMILES string of the molecule is C[C@@H]1CCCC[C@]1(NC(=O)OCc1ccccc1)C(=O)O. The third kappa shape index (κ3) is 3.54. The van der Waals surface area contributed by atoms with Gasteiger partial charge in [-0.15, -0.1) is 0 Å². The molecule has 2 atom stereocenters. The van der Waals surface area contributed by atoms with E-state index in [4.69, 9.17) is 4.74 Å². The van der Waals surface area contributed by atoms with E-state index in [1.807, 2.05) is 37.3 Å². The number of hydrogen-bond donors (Lipinski definition) is 2. The Balaban J connectivity index is 1.97. The number of nitrogens with one attached hydrogen (secondary N) is 1. The first-order valence-corrected chi connectivity index (χ1v) is 7.27. The maximum atomic E-state index is 11.9. The van der Waals surface area contributed by atoms with Crippen molar-refractivity contribution >= 4 is 12.1 Å². The number of amides is 1. The highest BCUT2D eigenvalue weighted by Crippen LogP contribution is 2.34. The molecule has 1 aromatic carbocycles. The number of ether oxygens (including phenoxy) is 1. The van der Waals surface area contributed by atoms with Crippen molar-refractivity contribution in [3.8, 4) is 0 Å². The normalized spacial score (nSPS) is 25.1. The second kappa shape index (κ2) is 6.61. The second-order valence-electron chi connectivity index (χ2n) is 5.61. The van der Waals surface area contributed by atoms with Crippen LogP contribution in [-0.2, 0) is 16.1 Å². The van der Waals surface area contributed by atoms with Gasteiger partial charge in [-0.1, -0.05) is 50.1 Å². The van der Waals surface area contributed by atoms with E-state index < -0.39 is 17.6 Å². The Labute approximate surface area is 124 Å². The minimum Gasteiger partial charge on any atom is -0.479 e. The number of benzene rings is 1. The fraction of sp³-hybridized carbons (Fsp3) is 0.500. The molecule has 5 nitrogen and oxygen atoms in total. The van der Waals surface area contributed by atoms with Crippen LogP contribution < -0.4 is 5.32 Å². The van der Waals surface area contributed by atoms with Gasteiger partial charge < -0.3 is 15.2 Å². The van der Waals surface area contributed by atoms with Crippen LogP contribution in [0.2, 0.25) is 0 Å². The van der Waals surface area contributed by atoms with Crippen molar-refractivity contribution in [3.05, 3.63) is 35.9 Å². The van der Waals surface area contributed by atoms with Gasteiger partial charge in [-0.2, -0.15) is 0 Å². The predicted octanol–water partition coefficient (Wildman–Crippen LogP) is 2.95.